The normalized spacial score (nSPS) is 15.0. The Kier molecular flexibility index (Phi) is 7.01. The Morgan fingerprint density at radius 3 is 2.43 bits per heavy atom. The summed E-state index contributed by atoms with van der Waals surface area (Å²) in [5, 5.41) is 5.76. The minimum Gasteiger partial charge on any atom is -0.497 e. The van der Waals surface area contributed by atoms with Gasteiger partial charge in [0, 0.05) is 36.0 Å². The van der Waals surface area contributed by atoms with E-state index in [9.17, 15) is 14.4 Å². The molecule has 1 fully saturated rings. The largest absolute Gasteiger partial charge is 0.497 e. The maximum absolute atomic E-state index is 13.1. The predicted molar refractivity (Wildman–Crippen MR) is 134 cm³/mol. The maximum Gasteiger partial charge on any atom is 0.256 e. The second-order valence-corrected chi connectivity index (χ2v) is 8.23. The molecule has 1 unspecified atom stereocenters. The van der Waals surface area contributed by atoms with Gasteiger partial charge in [0.05, 0.1) is 25.8 Å². The molecule has 0 radical (unpaired) electrons. The molecule has 0 spiro atoms. The van der Waals surface area contributed by atoms with E-state index in [1.807, 2.05) is 18.2 Å². The topological polar surface area (TPSA) is 97.0 Å². The lowest BCUT2D eigenvalue weighted by Gasteiger charge is -2.20. The molecule has 8 heteroatoms. The third kappa shape index (κ3) is 5.11. The van der Waals surface area contributed by atoms with Crippen LogP contribution in [0.3, 0.4) is 0 Å². The number of ether oxygens (including phenoxy) is 2. The molecule has 0 saturated carbocycles. The Morgan fingerprint density at radius 2 is 1.71 bits per heavy atom. The van der Waals surface area contributed by atoms with Gasteiger partial charge >= 0.3 is 0 Å². The molecule has 8 nitrogen and oxygen atoms in total. The van der Waals surface area contributed by atoms with Crippen molar-refractivity contribution in [2.24, 2.45) is 5.92 Å². The van der Waals surface area contributed by atoms with Crippen molar-refractivity contribution in [2.45, 2.75) is 13.3 Å². The van der Waals surface area contributed by atoms with Gasteiger partial charge in [-0.1, -0.05) is 24.3 Å². The van der Waals surface area contributed by atoms with Gasteiger partial charge in [-0.25, -0.2) is 0 Å². The first kappa shape index (κ1) is 23.8. The van der Waals surface area contributed by atoms with Gasteiger partial charge in [-0.2, -0.15) is 0 Å². The number of methoxy groups -OCH3 is 2. The van der Waals surface area contributed by atoms with Crippen LogP contribution in [0.15, 0.2) is 66.7 Å². The van der Waals surface area contributed by atoms with Crippen LogP contribution in [0.5, 0.6) is 11.5 Å². The van der Waals surface area contributed by atoms with E-state index in [2.05, 4.69) is 10.6 Å². The van der Waals surface area contributed by atoms with Crippen molar-refractivity contribution >= 4 is 34.8 Å². The van der Waals surface area contributed by atoms with E-state index in [1.54, 1.807) is 67.5 Å². The van der Waals surface area contributed by atoms with Crippen LogP contribution in [0.25, 0.3) is 0 Å². The highest BCUT2D eigenvalue weighted by atomic mass is 16.5. The molecular weight excluding hydrogens is 446 g/mol. The fraction of sp³-hybridized carbons (Fsp3) is 0.222. The molecule has 3 aromatic carbocycles. The standard InChI is InChI=1S/C27H27N3O5/c1-17-21(27(33)28-19-8-5-4-6-9-19)10-7-11-22(17)29-26(32)18-14-25(31)30(16-18)23-15-20(34-2)12-13-24(23)35-3/h4-13,15,18H,14,16H2,1-3H3,(H,28,33)(H,29,32). The van der Waals surface area contributed by atoms with Crippen molar-refractivity contribution in [3.63, 3.8) is 0 Å². The number of carbonyl (C=O) groups is 3. The number of nitrogens with one attached hydrogen (secondary N) is 2. The second kappa shape index (κ2) is 10.3. The van der Waals surface area contributed by atoms with Crippen LogP contribution in [-0.2, 0) is 9.59 Å². The highest BCUT2D eigenvalue weighted by molar-refractivity contribution is 6.08. The Balaban J connectivity index is 1.48. The number of para-hydroxylation sites is 1. The maximum atomic E-state index is 13.1. The number of rotatable bonds is 7. The minimum absolute atomic E-state index is 0.0689. The summed E-state index contributed by atoms with van der Waals surface area (Å²) in [6.07, 6.45) is 0.0689. The first-order valence-electron chi connectivity index (χ1n) is 11.2. The fourth-order valence-corrected chi connectivity index (χ4v) is 4.10. The van der Waals surface area contributed by atoms with Crippen LogP contribution in [0.4, 0.5) is 17.1 Å². The van der Waals surface area contributed by atoms with Crippen LogP contribution < -0.4 is 25.0 Å². The van der Waals surface area contributed by atoms with Crippen molar-refractivity contribution < 1.29 is 23.9 Å². The molecule has 1 atom stereocenters. The summed E-state index contributed by atoms with van der Waals surface area (Å²) in [6.45, 7) is 1.99. The summed E-state index contributed by atoms with van der Waals surface area (Å²) in [6, 6.07) is 19.5. The van der Waals surface area contributed by atoms with Crippen molar-refractivity contribution in [3.05, 3.63) is 77.9 Å². The minimum atomic E-state index is -0.556. The first-order valence-corrected chi connectivity index (χ1v) is 11.2. The number of anilines is 3. The van der Waals surface area contributed by atoms with Crippen LogP contribution in [0.2, 0.25) is 0 Å². The second-order valence-electron chi connectivity index (χ2n) is 8.23. The van der Waals surface area contributed by atoms with E-state index < -0.39 is 5.92 Å². The average Bonchev–Trinajstić information content (AvgIpc) is 3.27. The number of benzene rings is 3. The summed E-state index contributed by atoms with van der Waals surface area (Å²) in [5.41, 5.74) is 2.87. The molecule has 0 aromatic heterocycles. The fourth-order valence-electron chi connectivity index (χ4n) is 4.10. The molecule has 2 N–H and O–H groups in total. The molecular formula is C27H27N3O5. The van der Waals surface area contributed by atoms with Crippen molar-refractivity contribution in [1.29, 1.82) is 0 Å². The SMILES string of the molecule is COc1ccc(OC)c(N2CC(C(=O)Nc3cccc(C(=O)Nc4ccccc4)c3C)CC2=O)c1. The Morgan fingerprint density at radius 1 is 0.943 bits per heavy atom. The molecule has 1 aliphatic rings. The van der Waals surface area contributed by atoms with Gasteiger partial charge in [0.15, 0.2) is 0 Å². The van der Waals surface area contributed by atoms with Gasteiger partial charge in [0.2, 0.25) is 11.8 Å². The molecule has 1 aliphatic heterocycles. The van der Waals surface area contributed by atoms with Crippen LogP contribution >= 0.6 is 0 Å². The number of hydrogen-bond acceptors (Lipinski definition) is 5. The molecule has 0 aliphatic carbocycles. The lowest BCUT2D eigenvalue weighted by atomic mass is 10.0. The number of hydrogen-bond donors (Lipinski definition) is 2. The van der Waals surface area contributed by atoms with Gasteiger partial charge < -0.3 is 25.0 Å². The van der Waals surface area contributed by atoms with Gasteiger partial charge in [-0.15, -0.1) is 0 Å². The molecule has 35 heavy (non-hydrogen) atoms. The van der Waals surface area contributed by atoms with E-state index in [4.69, 9.17) is 9.47 Å². The molecule has 180 valence electrons. The summed E-state index contributed by atoms with van der Waals surface area (Å²) in [5.74, 6) is -0.177. The Bertz CT molecular complexity index is 1260. The van der Waals surface area contributed by atoms with Crippen LogP contribution in [0.1, 0.15) is 22.3 Å². The highest BCUT2D eigenvalue weighted by Gasteiger charge is 2.36. The first-order chi connectivity index (χ1) is 16.9. The summed E-state index contributed by atoms with van der Waals surface area (Å²) in [4.78, 5) is 40.2. The van der Waals surface area contributed by atoms with E-state index in [0.717, 1.165) is 0 Å². The Labute approximate surface area is 203 Å². The molecule has 4 rings (SSSR count). The van der Waals surface area contributed by atoms with Gasteiger partial charge in [0.1, 0.15) is 11.5 Å². The Hall–Kier alpha value is -4.33. The van der Waals surface area contributed by atoms with Gasteiger partial charge in [0.25, 0.3) is 5.91 Å². The lowest BCUT2D eigenvalue weighted by Crippen LogP contribution is -2.28. The summed E-state index contributed by atoms with van der Waals surface area (Å²) in [7, 11) is 3.07. The number of nitrogens with zero attached hydrogens (tertiary/aromatic N) is 1. The number of carbonyl (C=O) groups excluding carboxylic acids is 3. The molecule has 0 bridgehead atoms. The third-order valence-electron chi connectivity index (χ3n) is 6.04. The highest BCUT2D eigenvalue weighted by Crippen LogP contribution is 2.36. The third-order valence-corrected chi connectivity index (χ3v) is 6.04. The van der Waals surface area contributed by atoms with E-state index in [0.29, 0.717) is 39.7 Å². The summed E-state index contributed by atoms with van der Waals surface area (Å²) < 4.78 is 10.7. The monoisotopic (exact) mass is 473 g/mol. The van der Waals surface area contributed by atoms with Crippen molar-refractivity contribution in [2.75, 3.05) is 36.3 Å². The smallest absolute Gasteiger partial charge is 0.256 e. The lowest BCUT2D eigenvalue weighted by molar-refractivity contribution is -0.122. The van der Waals surface area contributed by atoms with Crippen molar-refractivity contribution in [1.82, 2.24) is 0 Å². The van der Waals surface area contributed by atoms with Gasteiger partial charge in [-0.05, 0) is 48.9 Å². The molecule has 1 heterocycles. The van der Waals surface area contributed by atoms with Crippen molar-refractivity contribution in [3.8, 4) is 11.5 Å². The van der Waals surface area contributed by atoms with E-state index in [1.165, 1.54) is 7.11 Å². The van der Waals surface area contributed by atoms with Crippen LogP contribution in [-0.4, -0.2) is 38.5 Å². The zero-order valence-corrected chi connectivity index (χ0v) is 19.8. The van der Waals surface area contributed by atoms with Gasteiger partial charge in [-0.3, -0.25) is 14.4 Å². The molecule has 3 amide bonds. The van der Waals surface area contributed by atoms with E-state index in [-0.39, 0.29) is 30.7 Å². The predicted octanol–water partition coefficient (Wildman–Crippen LogP) is 4.26. The average molecular weight is 474 g/mol. The molecule has 1 saturated heterocycles. The quantitative estimate of drug-likeness (QED) is 0.535. The number of amides is 3. The molecule has 3 aromatic rings. The van der Waals surface area contributed by atoms with E-state index >= 15 is 0 Å². The zero-order valence-electron chi connectivity index (χ0n) is 19.8. The van der Waals surface area contributed by atoms with Crippen LogP contribution in [0, 0.1) is 12.8 Å². The zero-order chi connectivity index (χ0) is 24.9. The summed E-state index contributed by atoms with van der Waals surface area (Å²) >= 11 is 0.